The molecule has 0 heterocycles. The summed E-state index contributed by atoms with van der Waals surface area (Å²) in [7, 11) is 0. The number of amides is 1. The highest BCUT2D eigenvalue weighted by Crippen LogP contribution is 2.11. The molecule has 0 unspecified atom stereocenters. The molecule has 146 valence electrons. The van der Waals surface area contributed by atoms with E-state index in [2.05, 4.69) is 28.2 Å². The molecule has 0 bridgehead atoms. The molecular weight excluding hydrogens is 394 g/mol. The zero-order valence-corrected chi connectivity index (χ0v) is 17.5. The lowest BCUT2D eigenvalue weighted by Gasteiger charge is -2.07. The van der Waals surface area contributed by atoms with Gasteiger partial charge in [-0.3, -0.25) is 9.59 Å². The molecule has 0 saturated carbocycles. The Kier molecular flexibility index (Phi) is 12.9. The molecule has 0 aliphatic carbocycles. The second-order valence-electron chi connectivity index (χ2n) is 6.59. The molecule has 0 saturated heterocycles. The number of nitrogens with one attached hydrogen (secondary N) is 1. The van der Waals surface area contributed by atoms with Crippen molar-refractivity contribution in [2.75, 3.05) is 13.2 Å². The Hall–Kier alpha value is -1.36. The Morgan fingerprint density at radius 2 is 1.42 bits per heavy atom. The lowest BCUT2D eigenvalue weighted by Crippen LogP contribution is -2.30. The fraction of sp³-hybridized carbons (Fsp3) is 0.619. The molecule has 1 aromatic rings. The number of benzene rings is 1. The number of carbonyl (C=O) groups excluding carboxylic acids is 2. The monoisotopic (exact) mass is 425 g/mol. The van der Waals surface area contributed by atoms with Crippen LogP contribution in [0.1, 0.15) is 81.5 Å². The molecule has 1 rings (SSSR count). The zero-order chi connectivity index (χ0) is 19.0. The van der Waals surface area contributed by atoms with Crippen LogP contribution in [0.15, 0.2) is 28.7 Å². The summed E-state index contributed by atoms with van der Waals surface area (Å²) in [6.07, 6.45) is 12.5. The van der Waals surface area contributed by atoms with Gasteiger partial charge in [0.15, 0.2) is 0 Å². The van der Waals surface area contributed by atoms with Gasteiger partial charge in [-0.05, 0) is 30.7 Å². The smallest absolute Gasteiger partial charge is 0.325 e. The van der Waals surface area contributed by atoms with Crippen LogP contribution < -0.4 is 5.32 Å². The van der Waals surface area contributed by atoms with Gasteiger partial charge in [0.05, 0.1) is 6.61 Å². The summed E-state index contributed by atoms with van der Waals surface area (Å²) in [5.74, 6) is -0.653. The molecule has 1 N–H and O–H groups in total. The van der Waals surface area contributed by atoms with E-state index in [0.717, 1.165) is 17.3 Å². The van der Waals surface area contributed by atoms with Gasteiger partial charge in [-0.25, -0.2) is 0 Å². The van der Waals surface area contributed by atoms with Crippen molar-refractivity contribution < 1.29 is 14.3 Å². The average Bonchev–Trinajstić information content (AvgIpc) is 2.64. The van der Waals surface area contributed by atoms with Crippen LogP contribution >= 0.6 is 15.9 Å². The van der Waals surface area contributed by atoms with Crippen LogP contribution in [0.25, 0.3) is 0 Å². The van der Waals surface area contributed by atoms with Crippen LogP contribution in [0, 0.1) is 0 Å². The van der Waals surface area contributed by atoms with Crippen molar-refractivity contribution in [2.45, 2.75) is 71.1 Å². The van der Waals surface area contributed by atoms with Crippen LogP contribution in [0.4, 0.5) is 0 Å². The van der Waals surface area contributed by atoms with E-state index < -0.39 is 0 Å². The van der Waals surface area contributed by atoms with Gasteiger partial charge in [-0.15, -0.1) is 0 Å². The van der Waals surface area contributed by atoms with Gasteiger partial charge in [-0.2, -0.15) is 0 Å². The largest absolute Gasteiger partial charge is 0.464 e. The molecule has 0 aromatic heterocycles. The van der Waals surface area contributed by atoms with E-state index in [1.807, 2.05) is 0 Å². The fourth-order valence-corrected chi connectivity index (χ4v) is 2.95. The van der Waals surface area contributed by atoms with Gasteiger partial charge >= 0.3 is 5.97 Å². The van der Waals surface area contributed by atoms with Gasteiger partial charge in [0, 0.05) is 10.0 Å². The number of hydrogen-bond acceptors (Lipinski definition) is 3. The Balaban J connectivity index is 1.95. The molecule has 0 spiro atoms. The second kappa shape index (κ2) is 14.8. The predicted molar refractivity (Wildman–Crippen MR) is 109 cm³/mol. The summed E-state index contributed by atoms with van der Waals surface area (Å²) in [6.45, 7) is 2.58. The van der Waals surface area contributed by atoms with E-state index in [1.165, 1.54) is 51.4 Å². The lowest BCUT2D eigenvalue weighted by molar-refractivity contribution is -0.142. The summed E-state index contributed by atoms with van der Waals surface area (Å²) in [5.41, 5.74) is 0.524. The quantitative estimate of drug-likeness (QED) is 0.309. The SMILES string of the molecule is CCCCCCCCCCCCOC(=O)CNC(=O)c1ccc(Br)cc1. The maximum absolute atomic E-state index is 11.9. The van der Waals surface area contributed by atoms with Gasteiger partial charge in [-0.1, -0.05) is 80.6 Å². The van der Waals surface area contributed by atoms with E-state index in [-0.39, 0.29) is 18.4 Å². The first kappa shape index (κ1) is 22.7. The van der Waals surface area contributed by atoms with E-state index in [4.69, 9.17) is 4.74 Å². The molecule has 0 aliphatic heterocycles. The van der Waals surface area contributed by atoms with Crippen LogP contribution in [-0.4, -0.2) is 25.0 Å². The Morgan fingerprint density at radius 1 is 0.885 bits per heavy atom. The Bertz CT molecular complexity index is 516. The molecule has 0 atom stereocenters. The summed E-state index contributed by atoms with van der Waals surface area (Å²) < 4.78 is 6.07. The van der Waals surface area contributed by atoms with Gasteiger partial charge < -0.3 is 10.1 Å². The maximum Gasteiger partial charge on any atom is 0.325 e. The van der Waals surface area contributed by atoms with Gasteiger partial charge in [0.2, 0.25) is 0 Å². The number of ether oxygens (including phenoxy) is 1. The standard InChI is InChI=1S/C21H32BrNO3/c1-2-3-4-5-6-7-8-9-10-11-16-26-20(24)17-23-21(25)18-12-14-19(22)15-13-18/h12-15H,2-11,16-17H2,1H3,(H,23,25). The number of carbonyl (C=O) groups is 2. The first-order valence-corrected chi connectivity index (χ1v) is 10.6. The van der Waals surface area contributed by atoms with E-state index in [1.54, 1.807) is 24.3 Å². The van der Waals surface area contributed by atoms with Crippen molar-refractivity contribution in [2.24, 2.45) is 0 Å². The highest BCUT2D eigenvalue weighted by atomic mass is 79.9. The van der Waals surface area contributed by atoms with Crippen LogP contribution in [0.5, 0.6) is 0 Å². The third-order valence-corrected chi connectivity index (χ3v) is 4.79. The molecule has 1 amide bonds. The minimum absolute atomic E-state index is 0.0906. The Labute approximate surface area is 166 Å². The van der Waals surface area contributed by atoms with Gasteiger partial charge in [0.1, 0.15) is 6.54 Å². The molecule has 5 heteroatoms. The molecular formula is C21H32BrNO3. The predicted octanol–water partition coefficient (Wildman–Crippen LogP) is 5.64. The fourth-order valence-electron chi connectivity index (χ4n) is 2.68. The molecule has 4 nitrogen and oxygen atoms in total. The van der Waals surface area contributed by atoms with E-state index in [0.29, 0.717) is 12.2 Å². The van der Waals surface area contributed by atoms with Crippen molar-refractivity contribution in [1.82, 2.24) is 5.32 Å². The summed E-state index contributed by atoms with van der Waals surface area (Å²) >= 11 is 3.32. The van der Waals surface area contributed by atoms with Crippen molar-refractivity contribution in [1.29, 1.82) is 0 Å². The van der Waals surface area contributed by atoms with E-state index in [9.17, 15) is 9.59 Å². The molecule has 0 fully saturated rings. The van der Waals surface area contributed by atoms with Crippen molar-refractivity contribution in [3.63, 3.8) is 0 Å². The van der Waals surface area contributed by atoms with Crippen molar-refractivity contribution in [3.05, 3.63) is 34.3 Å². The number of halogens is 1. The third-order valence-electron chi connectivity index (χ3n) is 4.26. The zero-order valence-electron chi connectivity index (χ0n) is 15.9. The highest BCUT2D eigenvalue weighted by molar-refractivity contribution is 9.10. The molecule has 1 aromatic carbocycles. The summed E-state index contributed by atoms with van der Waals surface area (Å²) in [5, 5.41) is 2.58. The molecule has 26 heavy (non-hydrogen) atoms. The first-order chi connectivity index (χ1) is 12.6. The Morgan fingerprint density at radius 3 is 2.00 bits per heavy atom. The molecule has 0 aliphatic rings. The molecule has 0 radical (unpaired) electrons. The minimum atomic E-state index is -0.383. The first-order valence-electron chi connectivity index (χ1n) is 9.83. The second-order valence-corrected chi connectivity index (χ2v) is 7.51. The topological polar surface area (TPSA) is 55.4 Å². The van der Waals surface area contributed by atoms with Crippen molar-refractivity contribution in [3.8, 4) is 0 Å². The minimum Gasteiger partial charge on any atom is -0.464 e. The average molecular weight is 426 g/mol. The normalized spacial score (nSPS) is 10.5. The maximum atomic E-state index is 11.9. The summed E-state index contributed by atoms with van der Waals surface area (Å²) in [6, 6.07) is 6.99. The third kappa shape index (κ3) is 11.3. The number of hydrogen-bond donors (Lipinski definition) is 1. The number of unbranched alkanes of at least 4 members (excludes halogenated alkanes) is 9. The van der Waals surface area contributed by atoms with Crippen molar-refractivity contribution >= 4 is 27.8 Å². The highest BCUT2D eigenvalue weighted by Gasteiger charge is 2.08. The van der Waals surface area contributed by atoms with E-state index >= 15 is 0 Å². The lowest BCUT2D eigenvalue weighted by atomic mass is 10.1. The van der Waals surface area contributed by atoms with Crippen LogP contribution in [0.3, 0.4) is 0 Å². The number of rotatable bonds is 14. The van der Waals surface area contributed by atoms with Crippen LogP contribution in [0.2, 0.25) is 0 Å². The summed E-state index contributed by atoms with van der Waals surface area (Å²) in [4.78, 5) is 23.5. The van der Waals surface area contributed by atoms with Gasteiger partial charge in [0.25, 0.3) is 5.91 Å². The number of esters is 1. The van der Waals surface area contributed by atoms with Crippen LogP contribution in [-0.2, 0) is 9.53 Å².